The van der Waals surface area contributed by atoms with E-state index in [9.17, 15) is 0 Å². The Labute approximate surface area is 96.5 Å². The van der Waals surface area contributed by atoms with Gasteiger partial charge in [-0.3, -0.25) is 0 Å². The number of nitrogens with one attached hydrogen (secondary N) is 2. The lowest BCUT2D eigenvalue weighted by atomic mass is 10.4. The van der Waals surface area contributed by atoms with E-state index < -0.39 is 0 Å². The predicted molar refractivity (Wildman–Crippen MR) is 63.1 cm³/mol. The number of imidazole rings is 2. The van der Waals surface area contributed by atoms with Gasteiger partial charge in [-0.1, -0.05) is 6.92 Å². The SMILES string of the molecule is CCc1nc2c(N)nc(-c3ncc[nH]3)nc2[nH]1. The first-order chi connectivity index (χ1) is 8.28. The van der Waals surface area contributed by atoms with E-state index in [-0.39, 0.29) is 0 Å². The van der Waals surface area contributed by atoms with Gasteiger partial charge in [-0.2, -0.15) is 0 Å². The molecule has 0 saturated carbocycles. The molecule has 0 aromatic carbocycles. The molecule has 0 radical (unpaired) electrons. The monoisotopic (exact) mass is 229 g/mol. The summed E-state index contributed by atoms with van der Waals surface area (Å²) in [6.45, 7) is 2.01. The maximum Gasteiger partial charge on any atom is 0.199 e. The molecule has 3 heterocycles. The molecule has 0 unspecified atom stereocenters. The van der Waals surface area contributed by atoms with Gasteiger partial charge in [0.15, 0.2) is 23.1 Å². The van der Waals surface area contributed by atoms with Crippen molar-refractivity contribution in [3.05, 3.63) is 18.2 Å². The molecule has 4 N–H and O–H groups in total. The van der Waals surface area contributed by atoms with E-state index in [2.05, 4.69) is 29.9 Å². The lowest BCUT2D eigenvalue weighted by molar-refractivity contribution is 0.997. The van der Waals surface area contributed by atoms with Crippen molar-refractivity contribution < 1.29 is 0 Å². The average molecular weight is 229 g/mol. The van der Waals surface area contributed by atoms with E-state index >= 15 is 0 Å². The van der Waals surface area contributed by atoms with Gasteiger partial charge >= 0.3 is 0 Å². The summed E-state index contributed by atoms with van der Waals surface area (Å²) in [4.78, 5) is 23.0. The average Bonchev–Trinajstić information content (AvgIpc) is 2.97. The quantitative estimate of drug-likeness (QED) is 0.604. The zero-order valence-electron chi connectivity index (χ0n) is 9.23. The number of H-pyrrole nitrogens is 2. The minimum absolute atomic E-state index is 0.359. The number of nitrogens with zero attached hydrogens (tertiary/aromatic N) is 4. The number of aryl methyl sites for hydroxylation is 1. The smallest absolute Gasteiger partial charge is 0.199 e. The molecular formula is C10H11N7. The van der Waals surface area contributed by atoms with Crippen LogP contribution in [0.2, 0.25) is 0 Å². The molecule has 0 fully saturated rings. The van der Waals surface area contributed by atoms with Crippen LogP contribution in [0, 0.1) is 0 Å². The van der Waals surface area contributed by atoms with Crippen LogP contribution in [0.25, 0.3) is 22.8 Å². The summed E-state index contributed by atoms with van der Waals surface area (Å²) in [6, 6.07) is 0. The Bertz CT molecular complexity index is 653. The highest BCUT2D eigenvalue weighted by molar-refractivity contribution is 5.83. The van der Waals surface area contributed by atoms with Crippen LogP contribution in [0.4, 0.5) is 5.82 Å². The van der Waals surface area contributed by atoms with E-state index in [0.717, 1.165) is 12.2 Å². The van der Waals surface area contributed by atoms with Gasteiger partial charge in [0.1, 0.15) is 11.3 Å². The van der Waals surface area contributed by atoms with E-state index in [1.807, 2.05) is 6.92 Å². The molecule has 86 valence electrons. The van der Waals surface area contributed by atoms with Gasteiger partial charge in [0.25, 0.3) is 0 Å². The van der Waals surface area contributed by atoms with Gasteiger partial charge in [0, 0.05) is 18.8 Å². The summed E-state index contributed by atoms with van der Waals surface area (Å²) in [5.74, 6) is 2.26. The maximum atomic E-state index is 5.86. The molecule has 0 aliphatic heterocycles. The molecule has 0 amide bonds. The van der Waals surface area contributed by atoms with E-state index in [4.69, 9.17) is 5.73 Å². The first-order valence-electron chi connectivity index (χ1n) is 5.29. The summed E-state index contributed by atoms with van der Waals surface area (Å²) in [6.07, 6.45) is 4.15. The molecule has 7 nitrogen and oxygen atoms in total. The number of anilines is 1. The summed E-state index contributed by atoms with van der Waals surface area (Å²) in [5.41, 5.74) is 7.10. The van der Waals surface area contributed by atoms with Gasteiger partial charge in [-0.15, -0.1) is 0 Å². The lowest BCUT2D eigenvalue weighted by Crippen LogP contribution is -1.98. The molecule has 17 heavy (non-hydrogen) atoms. The molecule has 0 aliphatic rings. The molecule has 3 rings (SSSR count). The Balaban J connectivity index is 2.23. The Kier molecular flexibility index (Phi) is 2.04. The molecule has 0 spiro atoms. The Hall–Kier alpha value is -2.44. The van der Waals surface area contributed by atoms with Gasteiger partial charge in [-0.05, 0) is 0 Å². The number of nitrogen functional groups attached to an aromatic ring is 1. The molecule has 0 aliphatic carbocycles. The fourth-order valence-corrected chi connectivity index (χ4v) is 1.63. The summed E-state index contributed by atoms with van der Waals surface area (Å²) >= 11 is 0. The highest BCUT2D eigenvalue weighted by atomic mass is 15.1. The molecule has 0 bridgehead atoms. The van der Waals surface area contributed by atoms with Crippen molar-refractivity contribution in [3.63, 3.8) is 0 Å². The first kappa shape index (κ1) is 9.76. The zero-order valence-corrected chi connectivity index (χ0v) is 9.23. The van der Waals surface area contributed by atoms with Crippen LogP contribution in [-0.4, -0.2) is 29.9 Å². The minimum atomic E-state index is 0.359. The second kappa shape index (κ2) is 3.55. The van der Waals surface area contributed by atoms with Crippen molar-refractivity contribution in [1.29, 1.82) is 0 Å². The maximum absolute atomic E-state index is 5.86. The minimum Gasteiger partial charge on any atom is -0.382 e. The Morgan fingerprint density at radius 3 is 2.88 bits per heavy atom. The van der Waals surface area contributed by atoms with Crippen molar-refractivity contribution in [3.8, 4) is 11.6 Å². The topological polar surface area (TPSA) is 109 Å². The molecule has 7 heteroatoms. The fourth-order valence-electron chi connectivity index (χ4n) is 1.63. The van der Waals surface area contributed by atoms with Gasteiger partial charge < -0.3 is 15.7 Å². The second-order valence-electron chi connectivity index (χ2n) is 3.60. The van der Waals surface area contributed by atoms with Crippen molar-refractivity contribution in [2.24, 2.45) is 0 Å². The number of rotatable bonds is 2. The number of nitrogens with two attached hydrogens (primary N) is 1. The Morgan fingerprint density at radius 1 is 1.29 bits per heavy atom. The highest BCUT2D eigenvalue weighted by Gasteiger charge is 2.12. The van der Waals surface area contributed by atoms with E-state index in [1.54, 1.807) is 12.4 Å². The molecule has 3 aromatic rings. The third-order valence-corrected chi connectivity index (χ3v) is 2.47. The van der Waals surface area contributed by atoms with Crippen LogP contribution in [0.15, 0.2) is 12.4 Å². The fraction of sp³-hybridized carbons (Fsp3) is 0.200. The van der Waals surface area contributed by atoms with Crippen LogP contribution >= 0.6 is 0 Å². The van der Waals surface area contributed by atoms with Crippen LogP contribution in [-0.2, 0) is 6.42 Å². The molecular weight excluding hydrogens is 218 g/mol. The number of hydrogen-bond acceptors (Lipinski definition) is 5. The highest BCUT2D eigenvalue weighted by Crippen LogP contribution is 2.19. The number of aromatic nitrogens is 6. The second-order valence-corrected chi connectivity index (χ2v) is 3.60. The third-order valence-electron chi connectivity index (χ3n) is 2.47. The van der Waals surface area contributed by atoms with Crippen LogP contribution < -0.4 is 5.73 Å². The largest absolute Gasteiger partial charge is 0.382 e. The number of aromatic amines is 2. The molecule has 0 saturated heterocycles. The summed E-state index contributed by atoms with van der Waals surface area (Å²) in [7, 11) is 0. The number of fused-ring (bicyclic) bond motifs is 1. The lowest BCUT2D eigenvalue weighted by Gasteiger charge is -1.97. The van der Waals surface area contributed by atoms with Crippen molar-refractivity contribution in [1.82, 2.24) is 29.9 Å². The number of hydrogen-bond donors (Lipinski definition) is 3. The zero-order chi connectivity index (χ0) is 11.8. The van der Waals surface area contributed by atoms with E-state index in [0.29, 0.717) is 28.6 Å². The Morgan fingerprint density at radius 2 is 2.18 bits per heavy atom. The molecule has 0 atom stereocenters. The van der Waals surface area contributed by atoms with Crippen molar-refractivity contribution in [2.45, 2.75) is 13.3 Å². The predicted octanol–water partition coefficient (Wildman–Crippen LogP) is 0.888. The van der Waals surface area contributed by atoms with Crippen molar-refractivity contribution >= 4 is 17.0 Å². The summed E-state index contributed by atoms with van der Waals surface area (Å²) in [5, 5.41) is 0. The molecule has 3 aromatic heterocycles. The van der Waals surface area contributed by atoms with Crippen LogP contribution in [0.3, 0.4) is 0 Å². The normalized spacial score (nSPS) is 11.1. The standard InChI is InChI=1S/C10H11N7/c1-2-5-14-6-7(11)16-10(17-8(6)15-5)9-12-3-4-13-9/h3-4H,2H2,1H3,(H,12,13)(H3,11,14,15,16,17). The van der Waals surface area contributed by atoms with Crippen LogP contribution in [0.1, 0.15) is 12.7 Å². The van der Waals surface area contributed by atoms with Crippen LogP contribution in [0.5, 0.6) is 0 Å². The van der Waals surface area contributed by atoms with Crippen molar-refractivity contribution in [2.75, 3.05) is 5.73 Å². The summed E-state index contributed by atoms with van der Waals surface area (Å²) < 4.78 is 0. The van der Waals surface area contributed by atoms with Gasteiger partial charge in [0.2, 0.25) is 0 Å². The van der Waals surface area contributed by atoms with E-state index in [1.165, 1.54) is 0 Å². The van der Waals surface area contributed by atoms with Gasteiger partial charge in [-0.25, -0.2) is 19.9 Å². The third kappa shape index (κ3) is 1.52. The van der Waals surface area contributed by atoms with Gasteiger partial charge in [0.05, 0.1) is 0 Å². The first-order valence-corrected chi connectivity index (χ1v) is 5.29.